The molecule has 0 aliphatic rings. The van der Waals surface area contributed by atoms with E-state index in [2.05, 4.69) is 37.4 Å². The summed E-state index contributed by atoms with van der Waals surface area (Å²) in [6, 6.07) is 11.1. The second kappa shape index (κ2) is 6.26. The van der Waals surface area contributed by atoms with Gasteiger partial charge in [-0.2, -0.15) is 0 Å². The number of aryl methyl sites for hydroxylation is 2. The highest BCUT2D eigenvalue weighted by Gasteiger charge is 2.15. The van der Waals surface area contributed by atoms with E-state index >= 15 is 0 Å². The lowest BCUT2D eigenvalue weighted by atomic mass is 10.1. The number of methoxy groups -OCH3 is 1. The van der Waals surface area contributed by atoms with Crippen LogP contribution in [0.5, 0.6) is 5.75 Å². The highest BCUT2D eigenvalue weighted by Crippen LogP contribution is 2.29. The van der Waals surface area contributed by atoms with Gasteiger partial charge in [-0.25, -0.2) is 0 Å². The van der Waals surface area contributed by atoms with Gasteiger partial charge in [0.2, 0.25) is 0 Å². The SMILES string of the molecule is COc1ccc(NCc2ccc(C)cc2C)cc1[N+](=O)[O-]. The van der Waals surface area contributed by atoms with Crippen molar-refractivity contribution < 1.29 is 9.66 Å². The van der Waals surface area contributed by atoms with Crippen LogP contribution < -0.4 is 10.1 Å². The predicted molar refractivity (Wildman–Crippen MR) is 82.9 cm³/mol. The molecule has 2 aromatic carbocycles. The van der Waals surface area contributed by atoms with Gasteiger partial charge in [0.15, 0.2) is 5.75 Å². The van der Waals surface area contributed by atoms with Crippen LogP contribution in [0, 0.1) is 24.0 Å². The topological polar surface area (TPSA) is 64.4 Å². The summed E-state index contributed by atoms with van der Waals surface area (Å²) in [6.45, 7) is 4.73. The van der Waals surface area contributed by atoms with E-state index in [0.717, 1.165) is 0 Å². The lowest BCUT2D eigenvalue weighted by molar-refractivity contribution is -0.385. The quantitative estimate of drug-likeness (QED) is 0.670. The smallest absolute Gasteiger partial charge is 0.312 e. The Morgan fingerprint density at radius 3 is 2.57 bits per heavy atom. The Kier molecular flexibility index (Phi) is 4.42. The molecule has 2 rings (SSSR count). The van der Waals surface area contributed by atoms with Crippen LogP contribution in [-0.4, -0.2) is 12.0 Å². The van der Waals surface area contributed by atoms with Gasteiger partial charge in [0, 0.05) is 18.3 Å². The zero-order valence-corrected chi connectivity index (χ0v) is 12.3. The first-order valence-electron chi connectivity index (χ1n) is 6.63. The molecule has 0 aliphatic carbocycles. The molecule has 0 radical (unpaired) electrons. The second-order valence-corrected chi connectivity index (χ2v) is 4.93. The van der Waals surface area contributed by atoms with Gasteiger partial charge in [-0.1, -0.05) is 23.8 Å². The van der Waals surface area contributed by atoms with Gasteiger partial charge in [-0.15, -0.1) is 0 Å². The lowest BCUT2D eigenvalue weighted by Crippen LogP contribution is -2.02. The number of anilines is 1. The minimum atomic E-state index is -0.443. The summed E-state index contributed by atoms with van der Waals surface area (Å²) in [5, 5.41) is 14.2. The normalized spacial score (nSPS) is 10.2. The van der Waals surface area contributed by atoms with E-state index in [9.17, 15) is 10.1 Å². The molecule has 110 valence electrons. The van der Waals surface area contributed by atoms with Crippen LogP contribution in [0.1, 0.15) is 16.7 Å². The Hall–Kier alpha value is -2.56. The number of ether oxygens (including phenoxy) is 1. The summed E-state index contributed by atoms with van der Waals surface area (Å²) in [5.41, 5.74) is 4.24. The molecule has 1 N–H and O–H groups in total. The number of nitrogens with one attached hydrogen (secondary N) is 1. The molecule has 5 heteroatoms. The maximum atomic E-state index is 11.0. The number of benzene rings is 2. The maximum absolute atomic E-state index is 11.0. The van der Waals surface area contributed by atoms with Gasteiger partial charge < -0.3 is 10.1 Å². The summed E-state index contributed by atoms with van der Waals surface area (Å²) in [5.74, 6) is 0.261. The fourth-order valence-corrected chi connectivity index (χ4v) is 2.18. The molecule has 0 heterocycles. The van der Waals surface area contributed by atoms with Gasteiger partial charge in [0.05, 0.1) is 12.0 Å². The zero-order chi connectivity index (χ0) is 15.4. The minimum absolute atomic E-state index is 0.0388. The molecule has 0 fully saturated rings. The molecule has 21 heavy (non-hydrogen) atoms. The molecular formula is C16H18N2O3. The monoisotopic (exact) mass is 286 g/mol. The van der Waals surface area contributed by atoms with Crippen molar-refractivity contribution in [3.63, 3.8) is 0 Å². The van der Waals surface area contributed by atoms with Crippen LogP contribution in [-0.2, 0) is 6.54 Å². The Balaban J connectivity index is 2.16. The number of hydrogen-bond acceptors (Lipinski definition) is 4. The van der Waals surface area contributed by atoms with Crippen LogP contribution in [0.15, 0.2) is 36.4 Å². The van der Waals surface area contributed by atoms with E-state index in [1.165, 1.54) is 29.9 Å². The Bertz CT molecular complexity index is 669. The molecule has 0 aliphatic heterocycles. The number of rotatable bonds is 5. The molecule has 2 aromatic rings. The third-order valence-electron chi connectivity index (χ3n) is 3.36. The average molecular weight is 286 g/mol. The number of nitro benzene ring substituents is 1. The third-order valence-corrected chi connectivity index (χ3v) is 3.36. The number of nitrogens with zero attached hydrogens (tertiary/aromatic N) is 1. The van der Waals surface area contributed by atoms with Crippen LogP contribution in [0.3, 0.4) is 0 Å². The fraction of sp³-hybridized carbons (Fsp3) is 0.250. The summed E-state index contributed by atoms with van der Waals surface area (Å²) in [4.78, 5) is 10.6. The molecule has 0 amide bonds. The molecule has 0 saturated heterocycles. The van der Waals surface area contributed by atoms with Gasteiger partial charge in [-0.05, 0) is 37.1 Å². The first kappa shape index (κ1) is 14.8. The average Bonchev–Trinajstić information content (AvgIpc) is 2.46. The lowest BCUT2D eigenvalue weighted by Gasteiger charge is -2.10. The summed E-state index contributed by atoms with van der Waals surface area (Å²) >= 11 is 0. The summed E-state index contributed by atoms with van der Waals surface area (Å²) < 4.78 is 4.99. The van der Waals surface area contributed by atoms with Crippen LogP contribution in [0.25, 0.3) is 0 Å². The van der Waals surface area contributed by atoms with Gasteiger partial charge in [0.25, 0.3) is 0 Å². The van der Waals surface area contributed by atoms with Crippen molar-refractivity contribution in [2.75, 3.05) is 12.4 Å². The highest BCUT2D eigenvalue weighted by molar-refractivity contribution is 5.58. The molecule has 0 atom stereocenters. The van der Waals surface area contributed by atoms with Crippen LogP contribution >= 0.6 is 0 Å². The summed E-state index contributed by atoms with van der Waals surface area (Å²) in [7, 11) is 1.42. The van der Waals surface area contributed by atoms with E-state index in [0.29, 0.717) is 12.2 Å². The Labute approximate surface area is 123 Å². The van der Waals surface area contributed by atoms with Crippen molar-refractivity contribution in [2.45, 2.75) is 20.4 Å². The molecule has 5 nitrogen and oxygen atoms in total. The first-order valence-corrected chi connectivity index (χ1v) is 6.63. The first-order chi connectivity index (χ1) is 10.0. The van der Waals surface area contributed by atoms with Gasteiger partial charge >= 0.3 is 5.69 Å². The van der Waals surface area contributed by atoms with E-state index in [4.69, 9.17) is 4.74 Å². The minimum Gasteiger partial charge on any atom is -0.490 e. The zero-order valence-electron chi connectivity index (χ0n) is 12.3. The molecule has 0 aromatic heterocycles. The van der Waals surface area contributed by atoms with Crippen LogP contribution in [0.2, 0.25) is 0 Å². The van der Waals surface area contributed by atoms with E-state index in [1.54, 1.807) is 12.1 Å². The Morgan fingerprint density at radius 1 is 1.19 bits per heavy atom. The van der Waals surface area contributed by atoms with Crippen molar-refractivity contribution in [3.8, 4) is 5.75 Å². The van der Waals surface area contributed by atoms with Crippen molar-refractivity contribution in [1.29, 1.82) is 0 Å². The van der Waals surface area contributed by atoms with Crippen LogP contribution in [0.4, 0.5) is 11.4 Å². The number of hydrogen-bond donors (Lipinski definition) is 1. The van der Waals surface area contributed by atoms with E-state index in [1.807, 2.05) is 0 Å². The van der Waals surface area contributed by atoms with Crippen molar-refractivity contribution in [3.05, 3.63) is 63.2 Å². The molecule has 0 bridgehead atoms. The molecule has 0 saturated carbocycles. The fourth-order valence-electron chi connectivity index (χ4n) is 2.18. The highest BCUT2D eigenvalue weighted by atomic mass is 16.6. The van der Waals surface area contributed by atoms with E-state index < -0.39 is 4.92 Å². The standard InChI is InChI=1S/C16H18N2O3/c1-11-4-5-13(12(2)8-11)10-17-14-6-7-16(21-3)15(9-14)18(19)20/h4-9,17H,10H2,1-3H3. The van der Waals surface area contributed by atoms with Gasteiger partial charge in [0.1, 0.15) is 0 Å². The largest absolute Gasteiger partial charge is 0.490 e. The maximum Gasteiger partial charge on any atom is 0.312 e. The van der Waals surface area contributed by atoms with Crippen molar-refractivity contribution in [2.24, 2.45) is 0 Å². The summed E-state index contributed by atoms with van der Waals surface area (Å²) in [6.07, 6.45) is 0. The molecule has 0 unspecified atom stereocenters. The molecule has 0 spiro atoms. The number of nitro groups is 1. The molecular weight excluding hydrogens is 268 g/mol. The third kappa shape index (κ3) is 3.51. The second-order valence-electron chi connectivity index (χ2n) is 4.93. The Morgan fingerprint density at radius 2 is 1.95 bits per heavy atom. The van der Waals surface area contributed by atoms with Crippen molar-refractivity contribution >= 4 is 11.4 Å². The van der Waals surface area contributed by atoms with E-state index in [-0.39, 0.29) is 11.4 Å². The predicted octanol–water partition coefficient (Wildman–Crippen LogP) is 3.83. The van der Waals surface area contributed by atoms with Gasteiger partial charge in [-0.3, -0.25) is 10.1 Å². The van der Waals surface area contributed by atoms with Crippen molar-refractivity contribution in [1.82, 2.24) is 0 Å².